The topological polar surface area (TPSA) is 103 Å². The van der Waals surface area contributed by atoms with Gasteiger partial charge in [-0.2, -0.15) is 0 Å². The van der Waals surface area contributed by atoms with E-state index in [1.807, 2.05) is 49.1 Å². The van der Waals surface area contributed by atoms with E-state index in [0.29, 0.717) is 0 Å². The first-order valence-electron chi connectivity index (χ1n) is 37.5. The second-order valence-corrected chi connectivity index (χ2v) is 37.4. The van der Waals surface area contributed by atoms with Crippen molar-refractivity contribution in [3.05, 3.63) is 376 Å². The van der Waals surface area contributed by atoms with Gasteiger partial charge in [0.05, 0.1) is 33.8 Å². The molecule has 0 spiro atoms. The van der Waals surface area contributed by atoms with Crippen LogP contribution in [0.3, 0.4) is 0 Å². The van der Waals surface area contributed by atoms with Gasteiger partial charge in [0, 0.05) is 45.4 Å². The summed E-state index contributed by atoms with van der Waals surface area (Å²) >= 11 is 0. The number of pyridine rings is 8. The van der Waals surface area contributed by atoms with Crippen LogP contribution in [0.1, 0.15) is 11.1 Å². The van der Waals surface area contributed by atoms with Crippen LogP contribution in [0.5, 0.6) is 0 Å². The Balaban J connectivity index is 0.640. The molecule has 0 atom stereocenters. The summed E-state index contributed by atoms with van der Waals surface area (Å²) in [6, 6.07) is 124. The number of fused-ring (bicyclic) bond motifs is 12. The molecule has 0 N–H and O–H groups in total. The van der Waals surface area contributed by atoms with E-state index in [-0.39, 0.29) is 0 Å². The molecule has 2 aliphatic rings. The summed E-state index contributed by atoms with van der Waals surface area (Å²) in [6.07, 6.45) is 7.51. The van der Waals surface area contributed by atoms with Gasteiger partial charge in [-0.3, -0.25) is 9.97 Å². The Morgan fingerprint density at radius 1 is 0.227 bits per heavy atom. The molecule has 0 radical (unpaired) electrons. The predicted molar refractivity (Wildman–Crippen MR) is 458 cm³/mol. The molecule has 0 unspecified atom stereocenters. The number of hydrogen-bond donors (Lipinski definition) is 0. The molecule has 0 amide bonds. The minimum absolute atomic E-state index is 0.848. The van der Waals surface area contributed by atoms with Gasteiger partial charge in [-0.05, 0) is 81.3 Å². The second kappa shape index (κ2) is 26.0. The van der Waals surface area contributed by atoms with Crippen LogP contribution in [-0.2, 0) is 0 Å². The fourth-order valence-corrected chi connectivity index (χ4v) is 29.2. The molecule has 10 heterocycles. The van der Waals surface area contributed by atoms with Gasteiger partial charge >= 0.3 is 321 Å². The summed E-state index contributed by atoms with van der Waals surface area (Å²) in [7, 11) is -6.51. The van der Waals surface area contributed by atoms with E-state index in [2.05, 4.69) is 329 Å². The van der Waals surface area contributed by atoms with Crippen molar-refractivity contribution >= 4 is 101 Å². The van der Waals surface area contributed by atoms with Crippen LogP contribution < -0.4 is 41.5 Å². The molecule has 19 aromatic rings. The van der Waals surface area contributed by atoms with Crippen LogP contribution in [0.25, 0.3) is 156 Å². The first-order valence-corrected chi connectivity index (χ1v) is 41.9. The van der Waals surface area contributed by atoms with E-state index in [0.717, 1.165) is 134 Å². The standard InChI is InChI=1S/C100H67N8Si2/c1-63-30-46-93-81(54-63)83-61-75(40-48-95(83)109(93,77-22-12-18-71(57-77)85-26-3-7-50-101-85)78-23-13-19-72(58-78)86-27-4-8-51-102-86)91-44-38-67-34-32-65-36-42-89(105-97(65)99(67)107-91)69-16-11-17-70(56-69)90-43-37-66-33-35-68-39-45-92(108-100(68)98(66)106-90)76-41-49-96-84(62-76)82-55-64(2)31-47-94(82)110(96,79-24-14-20-73(59-79)87-28-5-9-52-103-87)80-25-15-21-74(60-80)88-29-6-10-53-104-88/h3-62,109H,1-2H3/q-1. The van der Waals surface area contributed by atoms with E-state index in [4.69, 9.17) is 39.9 Å². The van der Waals surface area contributed by atoms with Gasteiger partial charge in [-0.1, -0.05) is 133 Å². The van der Waals surface area contributed by atoms with Crippen molar-refractivity contribution < 1.29 is 0 Å². The molecule has 0 saturated heterocycles. The van der Waals surface area contributed by atoms with Crippen molar-refractivity contribution in [3.63, 3.8) is 0 Å². The Labute approximate surface area is 638 Å². The average Bonchev–Trinajstić information content (AvgIpc) is 1.53. The fraction of sp³-hybridized carbons (Fsp3) is 0.0200. The third kappa shape index (κ3) is 10.5. The molecular formula is C100H67N8Si2-. The molecule has 0 aliphatic carbocycles. The molecule has 8 aromatic heterocycles. The molecule has 10 heteroatoms. The third-order valence-corrected chi connectivity index (χ3v) is 33.5. The van der Waals surface area contributed by atoms with Crippen molar-refractivity contribution in [1.82, 2.24) is 39.9 Å². The maximum absolute atomic E-state index is 5.59. The zero-order chi connectivity index (χ0) is 73.0. The molecule has 8 nitrogen and oxygen atoms in total. The molecule has 11 aromatic carbocycles. The summed E-state index contributed by atoms with van der Waals surface area (Å²) in [5.74, 6) is 0. The second-order valence-electron chi connectivity index (χ2n) is 29.4. The minimum atomic E-state index is -3.49. The molecule has 110 heavy (non-hydrogen) atoms. The summed E-state index contributed by atoms with van der Waals surface area (Å²) < 4.78 is 0. The van der Waals surface area contributed by atoms with E-state index in [1.165, 1.54) is 74.9 Å². The van der Waals surface area contributed by atoms with Gasteiger partial charge in [0.1, 0.15) is 0 Å². The number of hydrogen-bond acceptors (Lipinski definition) is 8. The SMILES string of the molecule is Cc1ccc2c(c1)-c1cc(-c3ccc4ccc5ccc(-c6cccc(-c7ccc8ccc9ccc(-c%10ccc%11c(c%10)-c%10cc(C)ccc%10[SiH-]%11(c%10cccc(-c%11ccccn%11)c%10)c%10cccc(-c%11ccccn%11)c%10)nc9c8n7)c6)nc5c4n3)ccc1[Si]2(c1cccc(-c2ccccn2)c1)c1cccc(-c2ccccn2)c1. The van der Waals surface area contributed by atoms with Gasteiger partial charge in [-0.15, -0.1) is 0 Å². The minimum Gasteiger partial charge on any atom is -0.256 e. The molecule has 21 rings (SSSR count). The molecule has 0 fully saturated rings. The number of aryl methyl sites for hydroxylation is 2. The van der Waals surface area contributed by atoms with E-state index in [1.54, 1.807) is 0 Å². The van der Waals surface area contributed by atoms with Crippen LogP contribution >= 0.6 is 0 Å². The normalized spacial score (nSPS) is 13.3. The number of nitrogens with zero attached hydrogens (tertiary/aromatic N) is 8. The van der Waals surface area contributed by atoms with Crippen LogP contribution in [0.15, 0.2) is 365 Å². The van der Waals surface area contributed by atoms with Crippen molar-refractivity contribution in [2.24, 2.45) is 0 Å². The zero-order valence-electron chi connectivity index (χ0n) is 60.3. The molecule has 516 valence electrons. The molecular weight excluding hydrogens is 1370 g/mol. The number of aromatic nitrogens is 8. The predicted octanol–water partition coefficient (Wildman–Crippen LogP) is 17.9. The Kier molecular flexibility index (Phi) is 15.2. The van der Waals surface area contributed by atoms with Crippen molar-refractivity contribution in [3.8, 4) is 112 Å². The van der Waals surface area contributed by atoms with Crippen LogP contribution in [-0.4, -0.2) is 56.0 Å². The molecule has 0 bridgehead atoms. The summed E-state index contributed by atoms with van der Waals surface area (Å²) in [5.41, 5.74) is 26.6. The summed E-state index contributed by atoms with van der Waals surface area (Å²) in [6.45, 7) is 4.41. The van der Waals surface area contributed by atoms with Gasteiger partial charge in [-0.25, -0.2) is 9.97 Å². The van der Waals surface area contributed by atoms with Gasteiger partial charge < -0.3 is 0 Å². The van der Waals surface area contributed by atoms with Crippen LogP contribution in [0.4, 0.5) is 0 Å². The van der Waals surface area contributed by atoms with Crippen molar-refractivity contribution in [2.75, 3.05) is 0 Å². The zero-order valence-corrected chi connectivity index (χ0v) is 62.5. The van der Waals surface area contributed by atoms with Crippen LogP contribution in [0.2, 0.25) is 0 Å². The first kappa shape index (κ1) is 64.5. The molecule has 2 aliphatic heterocycles. The quantitative estimate of drug-likeness (QED) is 0.0880. The van der Waals surface area contributed by atoms with Crippen molar-refractivity contribution in [2.45, 2.75) is 13.8 Å². The summed E-state index contributed by atoms with van der Waals surface area (Å²) in [5, 5.41) is 14.8. The van der Waals surface area contributed by atoms with Crippen LogP contribution in [0, 0.1) is 13.8 Å². The molecule has 0 saturated carbocycles. The van der Waals surface area contributed by atoms with Gasteiger partial charge in [0.15, 0.2) is 8.07 Å². The first-order chi connectivity index (χ1) is 54.3. The van der Waals surface area contributed by atoms with Gasteiger partial charge in [0.25, 0.3) is 0 Å². The summed E-state index contributed by atoms with van der Waals surface area (Å²) in [4.78, 5) is 41.6. The van der Waals surface area contributed by atoms with E-state index >= 15 is 0 Å². The monoisotopic (exact) mass is 1440 g/mol. The Bertz CT molecular complexity index is 6370. The number of rotatable bonds is 12. The third-order valence-electron chi connectivity index (χ3n) is 23.1. The van der Waals surface area contributed by atoms with E-state index in [9.17, 15) is 0 Å². The number of benzene rings is 11. The Morgan fingerprint density at radius 3 is 0.973 bits per heavy atom. The van der Waals surface area contributed by atoms with Crippen molar-refractivity contribution in [1.29, 1.82) is 0 Å². The fourth-order valence-electron chi connectivity index (χ4n) is 18.0. The maximum atomic E-state index is 5.59. The smallest absolute Gasteiger partial charge is 0.256 e. The van der Waals surface area contributed by atoms with E-state index < -0.39 is 16.1 Å². The van der Waals surface area contributed by atoms with Gasteiger partial charge in [0.2, 0.25) is 0 Å². The average molecular weight is 1440 g/mol. The Hall–Kier alpha value is -13.9. The Morgan fingerprint density at radius 2 is 0.545 bits per heavy atom.